The van der Waals surface area contributed by atoms with Crippen LogP contribution in [0, 0.1) is 12.7 Å². The molecule has 4 rings (SSSR count). The molecule has 0 radical (unpaired) electrons. The summed E-state index contributed by atoms with van der Waals surface area (Å²) in [5.41, 5.74) is 2.35. The van der Waals surface area contributed by atoms with Crippen molar-refractivity contribution in [2.45, 2.75) is 38.8 Å². The minimum Gasteiger partial charge on any atom is -0.507 e. The number of aromatic nitrogens is 2. The predicted molar refractivity (Wildman–Crippen MR) is 114 cm³/mol. The maximum atomic E-state index is 13.6. The van der Waals surface area contributed by atoms with Crippen LogP contribution in [0.1, 0.15) is 47.8 Å². The first-order chi connectivity index (χ1) is 14.5. The molecule has 5 nitrogen and oxygen atoms in total. The van der Waals surface area contributed by atoms with Crippen LogP contribution in [0.15, 0.2) is 59.5 Å². The van der Waals surface area contributed by atoms with E-state index in [0.29, 0.717) is 17.8 Å². The van der Waals surface area contributed by atoms with Gasteiger partial charge in [0, 0.05) is 11.9 Å². The second-order valence-electron chi connectivity index (χ2n) is 7.85. The zero-order valence-corrected chi connectivity index (χ0v) is 17.1. The van der Waals surface area contributed by atoms with Crippen LogP contribution in [-0.4, -0.2) is 32.6 Å². The van der Waals surface area contributed by atoms with Crippen LogP contribution in [0.4, 0.5) is 4.39 Å². The van der Waals surface area contributed by atoms with E-state index in [1.807, 2.05) is 25.1 Å². The number of nitrogens with zero attached hydrogens (tertiary/aromatic N) is 3. The molecule has 6 heteroatoms. The molecule has 1 atom stereocenters. The van der Waals surface area contributed by atoms with Gasteiger partial charge in [0.2, 0.25) is 0 Å². The van der Waals surface area contributed by atoms with E-state index < -0.39 is 6.04 Å². The van der Waals surface area contributed by atoms with E-state index >= 15 is 0 Å². The molecule has 1 fully saturated rings. The van der Waals surface area contributed by atoms with Gasteiger partial charge in [0.05, 0.1) is 23.8 Å². The third kappa shape index (κ3) is 4.14. The highest BCUT2D eigenvalue weighted by Crippen LogP contribution is 2.34. The first-order valence-corrected chi connectivity index (χ1v) is 10.4. The topological polar surface area (TPSA) is 58.4 Å². The highest BCUT2D eigenvalue weighted by molar-refractivity contribution is 5.41. The molecule has 156 valence electrons. The Bertz CT molecular complexity index is 1060. The number of pyridine rings is 2. The fourth-order valence-electron chi connectivity index (χ4n) is 4.26. The van der Waals surface area contributed by atoms with Crippen molar-refractivity contribution in [3.8, 4) is 5.75 Å². The molecule has 2 aromatic heterocycles. The average molecular weight is 407 g/mol. The van der Waals surface area contributed by atoms with Gasteiger partial charge in [-0.2, -0.15) is 0 Å². The van der Waals surface area contributed by atoms with Gasteiger partial charge in [-0.05, 0) is 68.8 Å². The molecule has 0 unspecified atom stereocenters. The first kappa shape index (κ1) is 20.3. The molecular weight excluding hydrogens is 381 g/mol. The minimum absolute atomic E-state index is 0.0188. The van der Waals surface area contributed by atoms with Crippen LogP contribution in [0.3, 0.4) is 0 Å². The van der Waals surface area contributed by atoms with E-state index in [4.69, 9.17) is 0 Å². The molecule has 1 aliphatic heterocycles. The molecule has 1 aliphatic rings. The fourth-order valence-corrected chi connectivity index (χ4v) is 4.26. The highest BCUT2D eigenvalue weighted by Gasteiger charge is 2.30. The van der Waals surface area contributed by atoms with Gasteiger partial charge < -0.3 is 9.67 Å². The zero-order valence-electron chi connectivity index (χ0n) is 17.1. The number of hydrogen-bond donors (Lipinski definition) is 1. The Morgan fingerprint density at radius 3 is 2.50 bits per heavy atom. The monoisotopic (exact) mass is 407 g/mol. The van der Waals surface area contributed by atoms with Crippen molar-refractivity contribution in [3.63, 3.8) is 0 Å². The Kier molecular flexibility index (Phi) is 5.95. The van der Waals surface area contributed by atoms with Gasteiger partial charge in [0.1, 0.15) is 11.6 Å². The Balaban J connectivity index is 1.84. The van der Waals surface area contributed by atoms with Gasteiger partial charge in [0.15, 0.2) is 0 Å². The lowest BCUT2D eigenvalue weighted by atomic mass is 9.94. The van der Waals surface area contributed by atoms with Crippen LogP contribution < -0.4 is 5.56 Å². The molecule has 0 spiro atoms. The van der Waals surface area contributed by atoms with Crippen LogP contribution in [0.5, 0.6) is 5.75 Å². The maximum absolute atomic E-state index is 13.6. The maximum Gasteiger partial charge on any atom is 0.260 e. The number of aromatic hydroxyl groups is 1. The second kappa shape index (κ2) is 8.79. The summed E-state index contributed by atoms with van der Waals surface area (Å²) >= 11 is 0. The Morgan fingerprint density at radius 2 is 1.83 bits per heavy atom. The average Bonchev–Trinajstić information content (AvgIpc) is 2.76. The lowest BCUT2D eigenvalue weighted by molar-refractivity contribution is 0.183. The SMILES string of the molecule is Cc1cc(O)c([C@@H](c2ccc(F)cc2)N2CCCCC2)c(=O)n1Cc1ccccn1. The van der Waals surface area contributed by atoms with E-state index in [9.17, 15) is 14.3 Å². The second-order valence-corrected chi connectivity index (χ2v) is 7.85. The van der Waals surface area contributed by atoms with Crippen LogP contribution in [0.2, 0.25) is 0 Å². The van der Waals surface area contributed by atoms with Crippen molar-refractivity contribution in [1.29, 1.82) is 0 Å². The van der Waals surface area contributed by atoms with E-state index in [2.05, 4.69) is 9.88 Å². The smallest absolute Gasteiger partial charge is 0.260 e. The van der Waals surface area contributed by atoms with Crippen molar-refractivity contribution in [1.82, 2.24) is 14.5 Å². The minimum atomic E-state index is -0.422. The third-order valence-corrected chi connectivity index (χ3v) is 5.78. The van der Waals surface area contributed by atoms with Gasteiger partial charge in [-0.1, -0.05) is 24.6 Å². The van der Waals surface area contributed by atoms with Crippen molar-refractivity contribution in [2.24, 2.45) is 0 Å². The molecule has 0 bridgehead atoms. The molecule has 0 saturated carbocycles. The van der Waals surface area contributed by atoms with Crippen molar-refractivity contribution in [2.75, 3.05) is 13.1 Å². The summed E-state index contributed by atoms with van der Waals surface area (Å²) < 4.78 is 15.2. The van der Waals surface area contributed by atoms with Crippen LogP contribution in [-0.2, 0) is 6.54 Å². The summed E-state index contributed by atoms with van der Waals surface area (Å²) in [6, 6.07) is 13.0. The Labute approximate surface area is 175 Å². The van der Waals surface area contributed by atoms with E-state index in [1.54, 1.807) is 29.0 Å². The molecule has 3 heterocycles. The molecule has 30 heavy (non-hydrogen) atoms. The largest absolute Gasteiger partial charge is 0.507 e. The van der Waals surface area contributed by atoms with Crippen molar-refractivity contribution >= 4 is 0 Å². The summed E-state index contributed by atoms with van der Waals surface area (Å²) in [7, 11) is 0. The van der Waals surface area contributed by atoms with Gasteiger partial charge in [-0.25, -0.2) is 4.39 Å². The summed E-state index contributed by atoms with van der Waals surface area (Å²) in [5.74, 6) is -0.341. The summed E-state index contributed by atoms with van der Waals surface area (Å²) in [6.45, 7) is 3.79. The summed E-state index contributed by atoms with van der Waals surface area (Å²) in [4.78, 5) is 20.2. The Morgan fingerprint density at radius 1 is 1.10 bits per heavy atom. The number of likely N-dealkylation sites (tertiary alicyclic amines) is 1. The standard InChI is InChI=1S/C24H26FN3O2/c1-17-15-21(29)22(24(30)28(17)16-20-7-3-4-12-26-20)23(27-13-5-2-6-14-27)18-8-10-19(25)11-9-18/h3-4,7-12,15,23,29H,2,5-6,13-14,16H2,1H3/t23-/m1/s1. The third-order valence-electron chi connectivity index (χ3n) is 5.78. The Hall–Kier alpha value is -2.99. The lowest BCUT2D eigenvalue weighted by Gasteiger charge is -2.35. The number of rotatable bonds is 5. The molecule has 3 aromatic rings. The fraction of sp³-hybridized carbons (Fsp3) is 0.333. The van der Waals surface area contributed by atoms with E-state index in [0.717, 1.165) is 43.6 Å². The van der Waals surface area contributed by atoms with Crippen molar-refractivity contribution < 1.29 is 9.50 Å². The number of benzene rings is 1. The molecular formula is C24H26FN3O2. The summed E-state index contributed by atoms with van der Waals surface area (Å²) in [6.07, 6.45) is 4.92. The highest BCUT2D eigenvalue weighted by atomic mass is 19.1. The quantitative estimate of drug-likeness (QED) is 0.694. The van der Waals surface area contributed by atoms with E-state index in [-0.39, 0.29) is 17.1 Å². The van der Waals surface area contributed by atoms with Crippen LogP contribution >= 0.6 is 0 Å². The van der Waals surface area contributed by atoms with Gasteiger partial charge >= 0.3 is 0 Å². The molecule has 0 amide bonds. The number of aryl methyl sites for hydroxylation is 1. The predicted octanol–water partition coefficient (Wildman–Crippen LogP) is 4.02. The summed E-state index contributed by atoms with van der Waals surface area (Å²) in [5, 5.41) is 10.8. The molecule has 1 N–H and O–H groups in total. The number of halogens is 1. The van der Waals surface area contributed by atoms with Gasteiger partial charge in [0.25, 0.3) is 5.56 Å². The number of hydrogen-bond acceptors (Lipinski definition) is 4. The molecule has 0 aliphatic carbocycles. The normalized spacial score (nSPS) is 15.8. The first-order valence-electron chi connectivity index (χ1n) is 10.4. The van der Waals surface area contributed by atoms with Gasteiger partial charge in [-0.3, -0.25) is 14.7 Å². The van der Waals surface area contributed by atoms with Crippen molar-refractivity contribution in [3.05, 3.63) is 93.4 Å². The lowest BCUT2D eigenvalue weighted by Crippen LogP contribution is -2.39. The molecule has 1 aromatic carbocycles. The van der Waals surface area contributed by atoms with Gasteiger partial charge in [-0.15, -0.1) is 0 Å². The number of piperidine rings is 1. The zero-order chi connectivity index (χ0) is 21.1. The van der Waals surface area contributed by atoms with E-state index in [1.165, 1.54) is 12.1 Å². The molecule has 1 saturated heterocycles. The van der Waals surface area contributed by atoms with Crippen LogP contribution in [0.25, 0.3) is 0 Å².